The van der Waals surface area contributed by atoms with Crippen molar-refractivity contribution in [3.63, 3.8) is 0 Å². The molecule has 0 saturated carbocycles. The van der Waals surface area contributed by atoms with Crippen molar-refractivity contribution in [2.75, 3.05) is 10.6 Å². The Labute approximate surface area is 281 Å². The Morgan fingerprint density at radius 1 is 0.717 bits per heavy atom. The second-order valence-electron chi connectivity index (χ2n) is 10.3. The zero-order chi connectivity index (χ0) is 32.5. The zero-order valence-corrected chi connectivity index (χ0v) is 27.0. The topological polar surface area (TPSA) is 87.3 Å². The molecule has 5 rings (SSSR count). The van der Waals surface area contributed by atoms with Crippen molar-refractivity contribution in [1.82, 2.24) is 5.32 Å². The van der Waals surface area contributed by atoms with Gasteiger partial charge in [-0.1, -0.05) is 96.0 Å². The van der Waals surface area contributed by atoms with E-state index in [1.54, 1.807) is 84.9 Å². The fourth-order valence-corrected chi connectivity index (χ4v) is 5.93. The molecular formula is C37H29Cl2N3O3S. The Balaban J connectivity index is 1.38. The molecule has 0 aliphatic heterocycles. The van der Waals surface area contributed by atoms with E-state index in [0.717, 1.165) is 16.0 Å². The summed E-state index contributed by atoms with van der Waals surface area (Å²) in [6.45, 7) is 1.90. The summed E-state index contributed by atoms with van der Waals surface area (Å²) in [4.78, 5) is 40.9. The number of thioether (sulfide) groups is 1. The average molecular weight is 667 g/mol. The molecule has 5 aromatic rings. The van der Waals surface area contributed by atoms with Gasteiger partial charge >= 0.3 is 0 Å². The minimum atomic E-state index is -0.601. The predicted molar refractivity (Wildman–Crippen MR) is 188 cm³/mol. The normalized spacial score (nSPS) is 11.8. The van der Waals surface area contributed by atoms with Gasteiger partial charge in [-0.25, -0.2) is 0 Å². The van der Waals surface area contributed by atoms with E-state index in [-0.39, 0.29) is 11.6 Å². The molecule has 0 saturated heterocycles. The molecule has 0 heterocycles. The van der Waals surface area contributed by atoms with Gasteiger partial charge in [0.2, 0.25) is 5.91 Å². The van der Waals surface area contributed by atoms with Crippen molar-refractivity contribution in [2.24, 2.45) is 0 Å². The minimum Gasteiger partial charge on any atom is -0.325 e. The number of nitrogens with one attached hydrogen (secondary N) is 3. The largest absolute Gasteiger partial charge is 0.325 e. The van der Waals surface area contributed by atoms with E-state index in [0.29, 0.717) is 32.5 Å². The van der Waals surface area contributed by atoms with E-state index in [2.05, 4.69) is 16.0 Å². The van der Waals surface area contributed by atoms with Gasteiger partial charge < -0.3 is 16.0 Å². The summed E-state index contributed by atoms with van der Waals surface area (Å²) in [6.07, 6.45) is 1.56. The van der Waals surface area contributed by atoms with Gasteiger partial charge in [-0.2, -0.15) is 0 Å². The second-order valence-corrected chi connectivity index (χ2v) is 12.3. The first-order valence-electron chi connectivity index (χ1n) is 14.3. The molecular weight excluding hydrogens is 637 g/mol. The van der Waals surface area contributed by atoms with E-state index >= 15 is 0 Å². The van der Waals surface area contributed by atoms with Crippen molar-refractivity contribution < 1.29 is 14.4 Å². The van der Waals surface area contributed by atoms with E-state index in [9.17, 15) is 14.4 Å². The lowest BCUT2D eigenvalue weighted by atomic mass is 10.1. The molecule has 9 heteroatoms. The Morgan fingerprint density at radius 2 is 1.41 bits per heavy atom. The number of anilines is 2. The lowest BCUT2D eigenvalue weighted by Crippen LogP contribution is -2.30. The van der Waals surface area contributed by atoms with Crippen LogP contribution in [0.3, 0.4) is 0 Å². The first-order chi connectivity index (χ1) is 22.2. The molecule has 5 aromatic carbocycles. The van der Waals surface area contributed by atoms with Crippen molar-refractivity contribution >= 4 is 70.1 Å². The van der Waals surface area contributed by atoms with E-state index < -0.39 is 17.1 Å². The second kappa shape index (κ2) is 15.5. The van der Waals surface area contributed by atoms with Crippen LogP contribution in [0.2, 0.25) is 10.0 Å². The molecule has 1 unspecified atom stereocenters. The number of amides is 3. The summed E-state index contributed by atoms with van der Waals surface area (Å²) < 4.78 is 0. The highest BCUT2D eigenvalue weighted by molar-refractivity contribution is 8.00. The standard InChI is InChI=1S/C37H29Cl2N3O3S/c1-24-18-19-30(23-32(24)39)41-37(45)34(26-11-4-2-5-12-26)46-31-17-9-16-29(22-31)40-36(44)33(21-25-10-8-15-28(38)20-25)42-35(43)27-13-6-3-7-14-27/h2-23,34H,1H3,(H,40,44)(H,41,45)(H,42,43)/b33-21-. The number of rotatable bonds is 10. The highest BCUT2D eigenvalue weighted by Gasteiger charge is 2.23. The molecule has 0 aliphatic carbocycles. The van der Waals surface area contributed by atoms with Crippen LogP contribution in [-0.4, -0.2) is 17.7 Å². The van der Waals surface area contributed by atoms with Crippen LogP contribution >= 0.6 is 35.0 Å². The number of benzene rings is 5. The van der Waals surface area contributed by atoms with Gasteiger partial charge in [0.25, 0.3) is 11.8 Å². The Bertz CT molecular complexity index is 1900. The molecule has 230 valence electrons. The molecule has 0 aromatic heterocycles. The van der Waals surface area contributed by atoms with E-state index in [1.165, 1.54) is 11.8 Å². The van der Waals surface area contributed by atoms with Gasteiger partial charge in [0, 0.05) is 31.9 Å². The first kappa shape index (κ1) is 32.6. The third-order valence-corrected chi connectivity index (χ3v) is 8.70. The Morgan fingerprint density at radius 3 is 2.13 bits per heavy atom. The summed E-state index contributed by atoms with van der Waals surface area (Å²) in [5.41, 5.74) is 3.89. The number of hydrogen-bond acceptors (Lipinski definition) is 4. The fraction of sp³-hybridized carbons (Fsp3) is 0.0541. The van der Waals surface area contributed by atoms with Crippen LogP contribution in [0.5, 0.6) is 0 Å². The Hall–Kier alpha value is -4.82. The highest BCUT2D eigenvalue weighted by atomic mass is 35.5. The average Bonchev–Trinajstić information content (AvgIpc) is 3.06. The number of carbonyl (C=O) groups excluding carboxylic acids is 3. The summed E-state index contributed by atoms with van der Waals surface area (Å²) in [7, 11) is 0. The maximum atomic E-state index is 13.6. The molecule has 1 atom stereocenters. The van der Waals surface area contributed by atoms with Crippen LogP contribution in [0.4, 0.5) is 11.4 Å². The maximum Gasteiger partial charge on any atom is 0.272 e. The van der Waals surface area contributed by atoms with Gasteiger partial charge in [-0.05, 0) is 84.3 Å². The Kier molecular flexibility index (Phi) is 10.9. The third kappa shape index (κ3) is 8.88. The molecule has 0 spiro atoms. The molecule has 3 amide bonds. The van der Waals surface area contributed by atoms with Crippen LogP contribution < -0.4 is 16.0 Å². The maximum absolute atomic E-state index is 13.6. The highest BCUT2D eigenvalue weighted by Crippen LogP contribution is 2.37. The van der Waals surface area contributed by atoms with Crippen LogP contribution in [0.1, 0.15) is 32.3 Å². The molecule has 46 heavy (non-hydrogen) atoms. The third-order valence-electron chi connectivity index (χ3n) is 6.81. The van der Waals surface area contributed by atoms with Crippen LogP contribution in [0, 0.1) is 6.92 Å². The van der Waals surface area contributed by atoms with Gasteiger partial charge in [0.15, 0.2) is 0 Å². The zero-order valence-electron chi connectivity index (χ0n) is 24.7. The minimum absolute atomic E-state index is 0.0347. The summed E-state index contributed by atoms with van der Waals surface area (Å²) in [6, 6.07) is 37.6. The molecule has 0 bridgehead atoms. The van der Waals surface area contributed by atoms with Gasteiger partial charge in [-0.3, -0.25) is 14.4 Å². The van der Waals surface area contributed by atoms with Crippen LogP contribution in [-0.2, 0) is 9.59 Å². The SMILES string of the molecule is Cc1ccc(NC(=O)C(Sc2cccc(NC(=O)/C(=C/c3cccc(Cl)c3)NC(=O)c3ccccc3)c2)c2ccccc2)cc1Cl. The van der Waals surface area contributed by atoms with Gasteiger partial charge in [0.05, 0.1) is 0 Å². The monoisotopic (exact) mass is 665 g/mol. The van der Waals surface area contributed by atoms with Crippen molar-refractivity contribution in [3.05, 3.63) is 165 Å². The fourth-order valence-electron chi connectivity index (χ4n) is 4.47. The molecule has 6 nitrogen and oxygen atoms in total. The first-order valence-corrected chi connectivity index (χ1v) is 15.9. The van der Waals surface area contributed by atoms with Gasteiger partial charge in [0.1, 0.15) is 10.9 Å². The van der Waals surface area contributed by atoms with Crippen molar-refractivity contribution in [3.8, 4) is 0 Å². The van der Waals surface area contributed by atoms with Gasteiger partial charge in [-0.15, -0.1) is 11.8 Å². The quantitative estimate of drug-likeness (QED) is 0.103. The predicted octanol–water partition coefficient (Wildman–Crippen LogP) is 9.18. The molecule has 0 aliphatic rings. The molecule has 3 N–H and O–H groups in total. The smallest absolute Gasteiger partial charge is 0.272 e. The molecule has 0 fully saturated rings. The number of aryl methyl sites for hydroxylation is 1. The summed E-state index contributed by atoms with van der Waals surface area (Å²) >= 11 is 13.8. The summed E-state index contributed by atoms with van der Waals surface area (Å²) in [5.74, 6) is -1.18. The van der Waals surface area contributed by atoms with Crippen LogP contribution in [0.25, 0.3) is 6.08 Å². The van der Waals surface area contributed by atoms with Crippen molar-refractivity contribution in [2.45, 2.75) is 17.1 Å². The summed E-state index contributed by atoms with van der Waals surface area (Å²) in [5, 5.41) is 9.06. The van der Waals surface area contributed by atoms with E-state index in [1.807, 2.05) is 55.5 Å². The lowest BCUT2D eigenvalue weighted by molar-refractivity contribution is -0.116. The number of halogens is 2. The molecule has 0 radical (unpaired) electrons. The number of carbonyl (C=O) groups is 3. The van der Waals surface area contributed by atoms with Crippen LogP contribution in [0.15, 0.2) is 138 Å². The van der Waals surface area contributed by atoms with Crippen molar-refractivity contribution in [1.29, 1.82) is 0 Å². The number of hydrogen-bond donors (Lipinski definition) is 3. The lowest BCUT2D eigenvalue weighted by Gasteiger charge is -2.18. The van der Waals surface area contributed by atoms with E-state index in [4.69, 9.17) is 23.2 Å².